The predicted octanol–water partition coefficient (Wildman–Crippen LogP) is 3.52. The Morgan fingerprint density at radius 1 is 1.40 bits per heavy atom. The van der Waals surface area contributed by atoms with Crippen molar-refractivity contribution in [2.24, 2.45) is 0 Å². The Balaban J connectivity index is 2.22. The van der Waals surface area contributed by atoms with Crippen LogP contribution in [0.15, 0.2) is 29.0 Å². The molecule has 104 valence electrons. The first-order chi connectivity index (χ1) is 9.47. The normalized spacial score (nSPS) is 10.3. The summed E-state index contributed by atoms with van der Waals surface area (Å²) in [5.74, 6) is -0.847. The molecule has 0 saturated heterocycles. The molecule has 1 aromatic heterocycles. The number of ether oxygens (including phenoxy) is 1. The molecule has 0 radical (unpaired) electrons. The summed E-state index contributed by atoms with van der Waals surface area (Å²) >= 11 is 8.46. The van der Waals surface area contributed by atoms with Crippen LogP contribution in [0.1, 0.15) is 5.69 Å². The number of aromatic nitrogens is 2. The van der Waals surface area contributed by atoms with Crippen molar-refractivity contribution in [2.45, 2.75) is 6.61 Å². The minimum absolute atomic E-state index is 0.0113. The lowest BCUT2D eigenvalue weighted by atomic mass is 10.3. The summed E-state index contributed by atoms with van der Waals surface area (Å²) < 4.78 is 18.6. The van der Waals surface area contributed by atoms with Gasteiger partial charge in [0.1, 0.15) is 17.6 Å². The Labute approximate surface area is 125 Å². The van der Waals surface area contributed by atoms with Crippen LogP contribution in [0.4, 0.5) is 10.1 Å². The van der Waals surface area contributed by atoms with Gasteiger partial charge in [-0.15, -0.1) is 0 Å². The van der Waals surface area contributed by atoms with Crippen LogP contribution >= 0.6 is 27.5 Å². The SMILES string of the molecule is O=[N+]([O-])c1cc(Br)c(F)cc1OCc1cnc(Cl)cn1. The lowest BCUT2D eigenvalue weighted by molar-refractivity contribution is -0.386. The highest BCUT2D eigenvalue weighted by Gasteiger charge is 2.19. The van der Waals surface area contributed by atoms with Gasteiger partial charge in [-0.3, -0.25) is 15.1 Å². The first kappa shape index (κ1) is 14.6. The van der Waals surface area contributed by atoms with E-state index in [4.69, 9.17) is 16.3 Å². The largest absolute Gasteiger partial charge is 0.480 e. The molecule has 0 fully saturated rings. The lowest BCUT2D eigenvalue weighted by Crippen LogP contribution is -2.02. The van der Waals surface area contributed by atoms with E-state index in [0.29, 0.717) is 5.69 Å². The van der Waals surface area contributed by atoms with Gasteiger partial charge in [0.05, 0.1) is 27.5 Å². The first-order valence-corrected chi connectivity index (χ1v) is 6.37. The topological polar surface area (TPSA) is 78.2 Å². The highest BCUT2D eigenvalue weighted by molar-refractivity contribution is 9.10. The van der Waals surface area contributed by atoms with Crippen LogP contribution in [0.25, 0.3) is 0 Å². The number of hydrogen-bond donors (Lipinski definition) is 0. The fourth-order valence-corrected chi connectivity index (χ4v) is 1.77. The van der Waals surface area contributed by atoms with Crippen molar-refractivity contribution in [3.05, 3.63) is 55.8 Å². The fraction of sp³-hybridized carbons (Fsp3) is 0.0909. The molecular weight excluding hydrogens is 356 g/mol. The predicted molar refractivity (Wildman–Crippen MR) is 72.1 cm³/mol. The van der Waals surface area contributed by atoms with E-state index in [2.05, 4.69) is 25.9 Å². The summed E-state index contributed by atoms with van der Waals surface area (Å²) in [7, 11) is 0. The zero-order valence-electron chi connectivity index (χ0n) is 9.72. The van der Waals surface area contributed by atoms with Gasteiger partial charge in [-0.25, -0.2) is 9.37 Å². The number of halogens is 3. The van der Waals surface area contributed by atoms with Gasteiger partial charge in [-0.1, -0.05) is 11.6 Å². The molecular formula is C11H6BrClFN3O3. The number of nitro groups is 1. The number of nitro benzene ring substituents is 1. The molecule has 6 nitrogen and oxygen atoms in total. The fourth-order valence-electron chi connectivity index (χ4n) is 1.34. The van der Waals surface area contributed by atoms with Crippen molar-refractivity contribution < 1.29 is 14.1 Å². The van der Waals surface area contributed by atoms with E-state index in [1.165, 1.54) is 12.4 Å². The van der Waals surface area contributed by atoms with E-state index in [1.807, 2.05) is 0 Å². The Kier molecular flexibility index (Phi) is 4.46. The molecule has 2 aromatic rings. The summed E-state index contributed by atoms with van der Waals surface area (Å²) in [6.07, 6.45) is 2.68. The Bertz CT molecular complexity index is 654. The van der Waals surface area contributed by atoms with E-state index in [9.17, 15) is 14.5 Å². The van der Waals surface area contributed by atoms with Crippen molar-refractivity contribution >= 4 is 33.2 Å². The van der Waals surface area contributed by atoms with Crippen LogP contribution in [-0.4, -0.2) is 14.9 Å². The van der Waals surface area contributed by atoms with Crippen LogP contribution in [0.5, 0.6) is 5.75 Å². The van der Waals surface area contributed by atoms with Gasteiger partial charge in [0, 0.05) is 12.1 Å². The molecule has 0 aliphatic heterocycles. The molecule has 2 rings (SSSR count). The third kappa shape index (κ3) is 3.40. The minimum Gasteiger partial charge on any atom is -0.480 e. The molecule has 0 amide bonds. The van der Waals surface area contributed by atoms with E-state index < -0.39 is 10.7 Å². The second-order valence-electron chi connectivity index (χ2n) is 3.61. The van der Waals surface area contributed by atoms with Gasteiger partial charge in [-0.05, 0) is 15.9 Å². The van der Waals surface area contributed by atoms with Gasteiger partial charge in [0.15, 0.2) is 0 Å². The van der Waals surface area contributed by atoms with Crippen LogP contribution in [0.3, 0.4) is 0 Å². The van der Waals surface area contributed by atoms with E-state index >= 15 is 0 Å². The Morgan fingerprint density at radius 2 is 2.15 bits per heavy atom. The van der Waals surface area contributed by atoms with Crippen LogP contribution in [0.2, 0.25) is 5.15 Å². The molecule has 0 aliphatic rings. The number of nitrogens with zero attached hydrogens (tertiary/aromatic N) is 3. The third-order valence-electron chi connectivity index (χ3n) is 2.25. The van der Waals surface area contributed by atoms with Crippen LogP contribution in [0, 0.1) is 15.9 Å². The summed E-state index contributed by atoms with van der Waals surface area (Å²) in [6.45, 7) is -0.0912. The molecule has 0 spiro atoms. The van der Waals surface area contributed by atoms with Crippen molar-refractivity contribution in [3.63, 3.8) is 0 Å². The molecule has 9 heteroatoms. The summed E-state index contributed by atoms with van der Waals surface area (Å²) in [6, 6.07) is 1.98. The molecule has 0 bridgehead atoms. The zero-order valence-corrected chi connectivity index (χ0v) is 12.1. The zero-order chi connectivity index (χ0) is 14.7. The summed E-state index contributed by atoms with van der Waals surface area (Å²) in [4.78, 5) is 17.9. The highest BCUT2D eigenvalue weighted by atomic mass is 79.9. The van der Waals surface area contributed by atoms with Gasteiger partial charge >= 0.3 is 5.69 Å². The van der Waals surface area contributed by atoms with Gasteiger partial charge < -0.3 is 4.74 Å². The summed E-state index contributed by atoms with van der Waals surface area (Å²) in [5.41, 5.74) is 0.0622. The molecule has 0 N–H and O–H groups in total. The average molecular weight is 363 g/mol. The van der Waals surface area contributed by atoms with Crippen LogP contribution in [-0.2, 0) is 6.61 Å². The molecule has 20 heavy (non-hydrogen) atoms. The lowest BCUT2D eigenvalue weighted by Gasteiger charge is -2.07. The third-order valence-corrected chi connectivity index (χ3v) is 3.05. The van der Waals surface area contributed by atoms with E-state index in [0.717, 1.165) is 12.1 Å². The number of rotatable bonds is 4. The maximum Gasteiger partial charge on any atom is 0.312 e. The molecule has 0 aliphatic carbocycles. The minimum atomic E-state index is -0.660. The maximum atomic E-state index is 13.4. The second kappa shape index (κ2) is 6.10. The standard InChI is InChI=1S/C11H6BrClFN3O3/c12-7-1-9(17(18)19)10(2-8(7)14)20-5-6-3-16-11(13)4-15-6/h1-4H,5H2. The average Bonchev–Trinajstić information content (AvgIpc) is 2.41. The van der Waals surface area contributed by atoms with E-state index in [1.54, 1.807) is 0 Å². The smallest absolute Gasteiger partial charge is 0.312 e. The maximum absolute atomic E-state index is 13.4. The monoisotopic (exact) mass is 361 g/mol. The van der Waals surface area contributed by atoms with Crippen molar-refractivity contribution in [1.82, 2.24) is 9.97 Å². The van der Waals surface area contributed by atoms with Crippen molar-refractivity contribution in [1.29, 1.82) is 0 Å². The van der Waals surface area contributed by atoms with Gasteiger partial charge in [0.2, 0.25) is 5.75 Å². The quantitative estimate of drug-likeness (QED) is 0.614. The number of benzene rings is 1. The number of hydrogen-bond acceptors (Lipinski definition) is 5. The molecule has 1 heterocycles. The second-order valence-corrected chi connectivity index (χ2v) is 4.85. The summed E-state index contributed by atoms with van der Waals surface area (Å²) in [5, 5.41) is 11.1. The molecule has 0 atom stereocenters. The Morgan fingerprint density at radius 3 is 2.75 bits per heavy atom. The molecule has 0 unspecified atom stereocenters. The van der Waals surface area contributed by atoms with Crippen LogP contribution < -0.4 is 4.74 Å². The van der Waals surface area contributed by atoms with Gasteiger partial charge in [-0.2, -0.15) is 0 Å². The highest BCUT2D eigenvalue weighted by Crippen LogP contribution is 2.32. The van der Waals surface area contributed by atoms with Crippen molar-refractivity contribution in [2.75, 3.05) is 0 Å². The van der Waals surface area contributed by atoms with Crippen molar-refractivity contribution in [3.8, 4) is 5.75 Å². The molecule has 0 saturated carbocycles. The van der Waals surface area contributed by atoms with E-state index in [-0.39, 0.29) is 27.7 Å². The first-order valence-electron chi connectivity index (χ1n) is 5.20. The molecule has 1 aromatic carbocycles. The Hall–Kier alpha value is -1.80. The van der Waals surface area contributed by atoms with Gasteiger partial charge in [0.25, 0.3) is 0 Å².